The molecule has 0 aliphatic heterocycles. The summed E-state index contributed by atoms with van der Waals surface area (Å²) in [5.41, 5.74) is -0.467. The molecule has 6 nitrogen and oxygen atoms in total. The number of hydrogen-bond donors (Lipinski definition) is 2. The maximum atomic E-state index is 12.6. The summed E-state index contributed by atoms with van der Waals surface area (Å²) in [5, 5.41) is 19.7. The Balaban J connectivity index is 1.73. The number of aromatic nitrogens is 2. The molecule has 0 spiro atoms. The lowest BCUT2D eigenvalue weighted by atomic mass is 9.78. The molecule has 0 bridgehead atoms. The Bertz CT molecular complexity index is 1180. The average molecular weight is 420 g/mol. The summed E-state index contributed by atoms with van der Waals surface area (Å²) in [6.45, 7) is 5.99. The Morgan fingerprint density at radius 1 is 1.13 bits per heavy atom. The van der Waals surface area contributed by atoms with Crippen molar-refractivity contribution in [2.45, 2.75) is 64.0 Å². The Hall–Kier alpha value is -3.15. The lowest BCUT2D eigenvalue weighted by molar-refractivity contribution is 0.0909. The highest BCUT2D eigenvalue weighted by Gasteiger charge is 2.37. The van der Waals surface area contributed by atoms with Crippen LogP contribution in [-0.2, 0) is 12.0 Å². The largest absolute Gasteiger partial charge is 0.503 e. The highest BCUT2D eigenvalue weighted by molar-refractivity contribution is 5.92. The molecule has 6 heteroatoms. The highest BCUT2D eigenvalue weighted by Crippen LogP contribution is 2.43. The molecule has 1 heterocycles. The number of carbonyl (C=O) groups excluding carboxylic acids is 1. The molecule has 1 saturated carbocycles. The topological polar surface area (TPSA) is 84.2 Å². The second-order valence-electron chi connectivity index (χ2n) is 9.64. The first-order valence-electron chi connectivity index (χ1n) is 10.8. The van der Waals surface area contributed by atoms with E-state index in [1.807, 2.05) is 32.9 Å². The lowest BCUT2D eigenvalue weighted by Gasteiger charge is -2.31. The fourth-order valence-corrected chi connectivity index (χ4v) is 4.57. The lowest BCUT2D eigenvalue weighted by Crippen LogP contribution is -2.43. The average Bonchev–Trinajstić information content (AvgIpc) is 3.18. The predicted molar refractivity (Wildman–Crippen MR) is 121 cm³/mol. The zero-order valence-corrected chi connectivity index (χ0v) is 18.3. The number of carbonyl (C=O) groups is 1. The van der Waals surface area contributed by atoms with Crippen LogP contribution in [0, 0.1) is 0 Å². The van der Waals surface area contributed by atoms with E-state index in [9.17, 15) is 14.7 Å². The van der Waals surface area contributed by atoms with E-state index < -0.39 is 22.6 Å². The third kappa shape index (κ3) is 4.33. The van der Waals surface area contributed by atoms with Gasteiger partial charge in [-0.2, -0.15) is 5.10 Å². The van der Waals surface area contributed by atoms with Crippen LogP contribution < -0.4 is 10.7 Å². The second kappa shape index (κ2) is 7.84. The molecule has 1 aliphatic rings. The van der Waals surface area contributed by atoms with Gasteiger partial charge >= 0.3 is 0 Å². The van der Waals surface area contributed by atoms with Gasteiger partial charge in [-0.3, -0.25) is 14.3 Å². The predicted octanol–water partition coefficient (Wildman–Crippen LogP) is 4.14. The molecule has 0 saturated heterocycles. The Labute approximate surface area is 181 Å². The van der Waals surface area contributed by atoms with Gasteiger partial charge in [0.15, 0.2) is 11.4 Å². The normalized spacial score (nSPS) is 15.8. The number of benzene rings is 2. The van der Waals surface area contributed by atoms with Crippen LogP contribution in [0.1, 0.15) is 62.5 Å². The van der Waals surface area contributed by atoms with E-state index in [0.29, 0.717) is 6.54 Å². The van der Waals surface area contributed by atoms with E-state index >= 15 is 0 Å². The molecular weight excluding hydrogens is 390 g/mol. The molecule has 3 aromatic rings. The van der Waals surface area contributed by atoms with Crippen LogP contribution in [0.2, 0.25) is 0 Å². The van der Waals surface area contributed by atoms with Crippen LogP contribution in [0.4, 0.5) is 0 Å². The number of hydrogen-bond acceptors (Lipinski definition) is 4. The van der Waals surface area contributed by atoms with E-state index in [-0.39, 0.29) is 11.1 Å². The van der Waals surface area contributed by atoms with Crippen molar-refractivity contribution < 1.29 is 9.90 Å². The maximum absolute atomic E-state index is 12.6. The zero-order valence-electron chi connectivity index (χ0n) is 18.3. The fourth-order valence-electron chi connectivity index (χ4n) is 4.57. The first kappa shape index (κ1) is 21.1. The van der Waals surface area contributed by atoms with Crippen molar-refractivity contribution in [1.82, 2.24) is 15.1 Å². The first-order chi connectivity index (χ1) is 14.7. The summed E-state index contributed by atoms with van der Waals surface area (Å²) in [4.78, 5) is 25.0. The molecule has 0 atom stereocenters. The van der Waals surface area contributed by atoms with Gasteiger partial charge in [-0.25, -0.2) is 0 Å². The molecule has 1 amide bonds. The first-order valence-corrected chi connectivity index (χ1v) is 10.8. The zero-order chi connectivity index (χ0) is 22.2. The van der Waals surface area contributed by atoms with Gasteiger partial charge in [0.2, 0.25) is 0 Å². The van der Waals surface area contributed by atoms with Gasteiger partial charge < -0.3 is 10.4 Å². The maximum Gasteiger partial charge on any atom is 0.276 e. The van der Waals surface area contributed by atoms with Crippen LogP contribution in [0.3, 0.4) is 0 Å². The molecular formula is C25H29N3O3. The second-order valence-corrected chi connectivity index (χ2v) is 9.64. The van der Waals surface area contributed by atoms with Crippen molar-refractivity contribution in [1.29, 1.82) is 0 Å². The number of rotatable bonds is 4. The van der Waals surface area contributed by atoms with E-state index in [4.69, 9.17) is 0 Å². The number of nitrogens with zero attached hydrogens (tertiary/aromatic N) is 2. The van der Waals surface area contributed by atoms with E-state index in [0.717, 1.165) is 25.7 Å². The molecule has 1 fully saturated rings. The van der Waals surface area contributed by atoms with Crippen molar-refractivity contribution in [3.8, 4) is 5.75 Å². The van der Waals surface area contributed by atoms with Crippen LogP contribution in [-0.4, -0.2) is 26.3 Å². The molecule has 4 rings (SSSR count). The van der Waals surface area contributed by atoms with Gasteiger partial charge in [-0.05, 0) is 49.9 Å². The molecule has 1 aromatic heterocycles. The minimum absolute atomic E-state index is 0.156. The molecule has 2 aromatic carbocycles. The van der Waals surface area contributed by atoms with Crippen molar-refractivity contribution in [3.63, 3.8) is 0 Å². The third-order valence-corrected chi connectivity index (χ3v) is 6.04. The van der Waals surface area contributed by atoms with Crippen molar-refractivity contribution >= 4 is 16.7 Å². The minimum atomic E-state index is -0.746. The molecule has 1 aliphatic carbocycles. The van der Waals surface area contributed by atoms with Gasteiger partial charge in [0.25, 0.3) is 11.3 Å². The Morgan fingerprint density at radius 2 is 1.81 bits per heavy atom. The van der Waals surface area contributed by atoms with Gasteiger partial charge in [-0.1, -0.05) is 55.3 Å². The fraction of sp³-hybridized carbons (Fsp3) is 0.400. The van der Waals surface area contributed by atoms with Gasteiger partial charge in [0, 0.05) is 11.0 Å². The molecule has 0 unspecified atom stereocenters. The van der Waals surface area contributed by atoms with Crippen molar-refractivity contribution in [2.24, 2.45) is 0 Å². The monoisotopic (exact) mass is 419 g/mol. The Morgan fingerprint density at radius 3 is 2.48 bits per heavy atom. The molecule has 2 N–H and O–H groups in total. The van der Waals surface area contributed by atoms with Crippen LogP contribution in [0.15, 0.2) is 53.5 Å². The van der Waals surface area contributed by atoms with E-state index in [2.05, 4.69) is 40.7 Å². The summed E-state index contributed by atoms with van der Waals surface area (Å²) in [7, 11) is 0. The standard InChI is InChI=1S/C25H29N3O3/c1-24(2,3)26-23(31)21-22(30)20(29)15-28(27-21)16-25(12-6-7-13-25)19-11-10-17-8-4-5-9-18(17)14-19/h4-5,8-11,14-15,29H,6-7,12-13,16H2,1-3H3,(H,26,31). The molecule has 31 heavy (non-hydrogen) atoms. The SMILES string of the molecule is CC(C)(C)NC(=O)c1nn(CC2(c3ccc4ccccc4c3)CCCC2)cc(O)c1=O. The molecule has 162 valence electrons. The summed E-state index contributed by atoms with van der Waals surface area (Å²) in [6.07, 6.45) is 5.54. The summed E-state index contributed by atoms with van der Waals surface area (Å²) in [6, 6.07) is 14.8. The smallest absolute Gasteiger partial charge is 0.276 e. The number of aromatic hydroxyl groups is 1. The van der Waals surface area contributed by atoms with E-state index in [1.165, 1.54) is 22.5 Å². The number of nitrogens with one attached hydrogen (secondary N) is 1. The van der Waals surface area contributed by atoms with Gasteiger partial charge in [0.1, 0.15) is 0 Å². The van der Waals surface area contributed by atoms with Gasteiger partial charge in [0.05, 0.1) is 12.7 Å². The summed E-state index contributed by atoms with van der Waals surface area (Å²) < 4.78 is 1.56. The minimum Gasteiger partial charge on any atom is -0.503 e. The van der Waals surface area contributed by atoms with Crippen LogP contribution in [0.5, 0.6) is 5.75 Å². The van der Waals surface area contributed by atoms with Crippen LogP contribution >= 0.6 is 0 Å². The quantitative estimate of drug-likeness (QED) is 0.666. The third-order valence-electron chi connectivity index (χ3n) is 6.04. The van der Waals surface area contributed by atoms with Crippen molar-refractivity contribution in [2.75, 3.05) is 0 Å². The van der Waals surface area contributed by atoms with Gasteiger partial charge in [-0.15, -0.1) is 0 Å². The Kier molecular flexibility index (Phi) is 5.33. The summed E-state index contributed by atoms with van der Waals surface area (Å²) in [5.74, 6) is -1.03. The highest BCUT2D eigenvalue weighted by atomic mass is 16.3. The number of amides is 1. The van der Waals surface area contributed by atoms with Crippen molar-refractivity contribution in [3.05, 3.63) is 70.1 Å². The van der Waals surface area contributed by atoms with Crippen LogP contribution in [0.25, 0.3) is 10.8 Å². The van der Waals surface area contributed by atoms with E-state index in [1.54, 1.807) is 4.68 Å². The summed E-state index contributed by atoms with van der Waals surface area (Å²) >= 11 is 0. The number of fused-ring (bicyclic) bond motifs is 1. The molecule has 0 radical (unpaired) electrons.